The maximum Gasteiger partial charge on any atom is 0.269 e. The number of nitrogens with one attached hydrogen (secondary N) is 1. The van der Waals surface area contributed by atoms with E-state index in [4.69, 9.17) is 5.73 Å². The van der Waals surface area contributed by atoms with Crippen molar-refractivity contribution in [1.82, 2.24) is 14.7 Å². The number of amides is 2. The Kier molecular flexibility index (Phi) is 4.61. The van der Waals surface area contributed by atoms with Gasteiger partial charge in [0, 0.05) is 13.2 Å². The highest BCUT2D eigenvalue weighted by atomic mass is 16.3. The Labute approximate surface area is 176 Å². The van der Waals surface area contributed by atoms with E-state index in [0.29, 0.717) is 30.0 Å². The van der Waals surface area contributed by atoms with Crippen LogP contribution in [0.25, 0.3) is 5.65 Å². The van der Waals surface area contributed by atoms with Gasteiger partial charge in [-0.15, -0.1) is 0 Å². The molecular formula is C23H30N4O3. The van der Waals surface area contributed by atoms with Crippen LogP contribution in [0, 0.1) is 30.1 Å². The van der Waals surface area contributed by atoms with Gasteiger partial charge in [-0.1, -0.05) is 6.07 Å². The lowest BCUT2D eigenvalue weighted by molar-refractivity contribution is -0.0503. The fourth-order valence-electron chi connectivity index (χ4n) is 6.98. The minimum absolute atomic E-state index is 0.0583. The molecule has 2 aromatic heterocycles. The monoisotopic (exact) mass is 410 g/mol. The number of primary amides is 1. The van der Waals surface area contributed by atoms with E-state index < -0.39 is 5.91 Å². The number of fused-ring (bicyclic) bond motifs is 1. The quantitative estimate of drug-likeness (QED) is 0.678. The zero-order chi connectivity index (χ0) is 21.0. The van der Waals surface area contributed by atoms with Gasteiger partial charge in [-0.2, -0.15) is 0 Å². The van der Waals surface area contributed by atoms with Gasteiger partial charge in [-0.05, 0) is 86.7 Å². The summed E-state index contributed by atoms with van der Waals surface area (Å²) >= 11 is 0. The van der Waals surface area contributed by atoms with Crippen molar-refractivity contribution in [3.8, 4) is 0 Å². The molecule has 30 heavy (non-hydrogen) atoms. The number of nitrogens with zero attached hydrogens (tertiary/aromatic N) is 2. The highest BCUT2D eigenvalue weighted by molar-refractivity contribution is 5.97. The van der Waals surface area contributed by atoms with Gasteiger partial charge in [0.25, 0.3) is 11.8 Å². The summed E-state index contributed by atoms with van der Waals surface area (Å²) in [5, 5.41) is 12.7. The first-order valence-corrected chi connectivity index (χ1v) is 11.1. The van der Waals surface area contributed by atoms with Gasteiger partial charge < -0.3 is 16.2 Å². The Morgan fingerprint density at radius 3 is 2.40 bits per heavy atom. The molecule has 0 spiro atoms. The van der Waals surface area contributed by atoms with Crippen LogP contribution in [0.5, 0.6) is 0 Å². The molecule has 0 aliphatic heterocycles. The SMILES string of the molecule is Cc1c(C(N)=O)nc2ccc(CCO)c(C(=O)NCC34CC5CC(CC(C5)C3)C4)n12. The Morgan fingerprint density at radius 1 is 1.20 bits per heavy atom. The number of rotatable bonds is 6. The van der Waals surface area contributed by atoms with Crippen LogP contribution in [0.2, 0.25) is 0 Å². The highest BCUT2D eigenvalue weighted by Crippen LogP contribution is 2.59. The van der Waals surface area contributed by atoms with E-state index in [1.54, 1.807) is 17.4 Å². The number of aryl methyl sites for hydroxylation is 1. The Morgan fingerprint density at radius 2 is 1.83 bits per heavy atom. The van der Waals surface area contributed by atoms with Crippen LogP contribution in [0.4, 0.5) is 0 Å². The molecule has 4 saturated carbocycles. The summed E-state index contributed by atoms with van der Waals surface area (Å²) in [4.78, 5) is 29.5. The molecule has 0 atom stereocenters. The first-order valence-electron chi connectivity index (χ1n) is 11.1. The summed E-state index contributed by atoms with van der Waals surface area (Å²) in [7, 11) is 0. The van der Waals surface area contributed by atoms with E-state index in [-0.39, 0.29) is 23.6 Å². The zero-order valence-corrected chi connectivity index (χ0v) is 17.5. The number of carbonyl (C=O) groups is 2. The predicted octanol–water partition coefficient (Wildman–Crippen LogP) is 2.22. The minimum Gasteiger partial charge on any atom is -0.396 e. The summed E-state index contributed by atoms with van der Waals surface area (Å²) in [6.45, 7) is 2.39. The van der Waals surface area contributed by atoms with Crippen molar-refractivity contribution >= 4 is 17.5 Å². The van der Waals surface area contributed by atoms with E-state index in [9.17, 15) is 14.7 Å². The number of imidazole rings is 1. The molecule has 2 heterocycles. The molecule has 4 aliphatic rings. The number of hydrogen-bond acceptors (Lipinski definition) is 4. The van der Waals surface area contributed by atoms with Crippen molar-refractivity contribution in [1.29, 1.82) is 0 Å². The second kappa shape index (κ2) is 7.08. The molecule has 4 N–H and O–H groups in total. The third-order valence-electron chi connectivity index (χ3n) is 7.71. The van der Waals surface area contributed by atoms with Crippen LogP contribution < -0.4 is 11.1 Å². The van der Waals surface area contributed by atoms with E-state index in [1.807, 2.05) is 6.07 Å². The maximum atomic E-state index is 13.4. The lowest BCUT2D eigenvalue weighted by Gasteiger charge is -2.56. The molecule has 6 rings (SSSR count). The predicted molar refractivity (Wildman–Crippen MR) is 112 cm³/mol. The standard InChI is InChI=1S/C23H30N4O3/c1-13-19(21(24)29)26-18-3-2-17(4-5-28)20(27(13)18)22(30)25-12-23-9-14-6-15(10-23)8-16(7-14)11-23/h2-3,14-16,28H,4-12H2,1H3,(H2,24,29)(H,25,30). The Balaban J connectivity index is 1.46. The second-order valence-electron chi connectivity index (χ2n) is 9.88. The van der Waals surface area contributed by atoms with Crippen molar-refractivity contribution in [2.45, 2.75) is 51.9 Å². The molecule has 2 amide bonds. The third-order valence-corrected chi connectivity index (χ3v) is 7.71. The molecular weight excluding hydrogens is 380 g/mol. The molecule has 0 aromatic carbocycles. The van der Waals surface area contributed by atoms with Crippen molar-refractivity contribution in [2.75, 3.05) is 13.2 Å². The number of carbonyl (C=O) groups excluding carboxylic acids is 2. The van der Waals surface area contributed by atoms with Gasteiger partial charge in [-0.3, -0.25) is 14.0 Å². The van der Waals surface area contributed by atoms with Gasteiger partial charge in [0.05, 0.1) is 5.69 Å². The lowest BCUT2D eigenvalue weighted by atomic mass is 9.49. The lowest BCUT2D eigenvalue weighted by Crippen LogP contribution is -2.51. The number of hydrogen-bond donors (Lipinski definition) is 3. The average molecular weight is 411 g/mol. The number of nitrogens with two attached hydrogens (primary N) is 1. The summed E-state index contributed by atoms with van der Waals surface area (Å²) in [5.41, 5.74) is 8.14. The van der Waals surface area contributed by atoms with Crippen molar-refractivity contribution in [3.63, 3.8) is 0 Å². The summed E-state index contributed by atoms with van der Waals surface area (Å²) in [6, 6.07) is 3.57. The highest BCUT2D eigenvalue weighted by Gasteiger charge is 2.50. The molecule has 0 radical (unpaired) electrons. The minimum atomic E-state index is -0.611. The van der Waals surface area contributed by atoms with Crippen LogP contribution in [0.1, 0.15) is 70.8 Å². The van der Waals surface area contributed by atoms with Crippen molar-refractivity contribution in [3.05, 3.63) is 34.8 Å². The fourth-order valence-corrected chi connectivity index (χ4v) is 6.98. The third kappa shape index (κ3) is 3.11. The molecule has 4 aliphatic carbocycles. The first-order chi connectivity index (χ1) is 14.4. The number of aromatic nitrogens is 2. The summed E-state index contributed by atoms with van der Waals surface area (Å²) < 4.78 is 1.71. The average Bonchev–Trinajstić information content (AvgIpc) is 3.02. The maximum absolute atomic E-state index is 13.4. The van der Waals surface area contributed by atoms with E-state index >= 15 is 0 Å². The fraction of sp³-hybridized carbons (Fsp3) is 0.609. The van der Waals surface area contributed by atoms with E-state index in [1.165, 1.54) is 38.5 Å². The Bertz CT molecular complexity index is 990. The first kappa shape index (κ1) is 19.5. The van der Waals surface area contributed by atoms with Crippen LogP contribution in [-0.4, -0.2) is 39.5 Å². The van der Waals surface area contributed by atoms with Crippen LogP contribution in [0.3, 0.4) is 0 Å². The van der Waals surface area contributed by atoms with Crippen molar-refractivity contribution in [2.24, 2.45) is 28.9 Å². The molecule has 2 aromatic rings. The molecule has 4 bridgehead atoms. The van der Waals surface area contributed by atoms with Crippen molar-refractivity contribution < 1.29 is 14.7 Å². The molecule has 0 saturated heterocycles. The van der Waals surface area contributed by atoms with E-state index in [2.05, 4.69) is 10.3 Å². The molecule has 7 heteroatoms. The van der Waals surface area contributed by atoms with Gasteiger partial charge in [0.15, 0.2) is 0 Å². The summed E-state index contributed by atoms with van der Waals surface area (Å²) in [6.07, 6.45) is 8.15. The molecule has 4 fully saturated rings. The van der Waals surface area contributed by atoms with Gasteiger partial charge >= 0.3 is 0 Å². The topological polar surface area (TPSA) is 110 Å². The zero-order valence-electron chi connectivity index (χ0n) is 17.5. The van der Waals surface area contributed by atoms with E-state index in [0.717, 1.165) is 23.3 Å². The molecule has 7 nitrogen and oxygen atoms in total. The van der Waals surface area contributed by atoms with Crippen LogP contribution in [0.15, 0.2) is 12.1 Å². The normalized spacial score (nSPS) is 29.5. The Hall–Kier alpha value is -2.41. The number of pyridine rings is 1. The van der Waals surface area contributed by atoms with Gasteiger partial charge in [0.1, 0.15) is 17.0 Å². The second-order valence-corrected chi connectivity index (χ2v) is 9.88. The van der Waals surface area contributed by atoms with Crippen LogP contribution >= 0.6 is 0 Å². The van der Waals surface area contributed by atoms with Gasteiger partial charge in [0.2, 0.25) is 0 Å². The number of aliphatic hydroxyl groups excluding tert-OH is 1. The van der Waals surface area contributed by atoms with Gasteiger partial charge in [-0.25, -0.2) is 4.98 Å². The molecule has 160 valence electrons. The molecule has 0 unspecified atom stereocenters. The number of aliphatic hydroxyl groups is 1. The smallest absolute Gasteiger partial charge is 0.269 e. The largest absolute Gasteiger partial charge is 0.396 e. The summed E-state index contributed by atoms with van der Waals surface area (Å²) in [5.74, 6) is 1.71. The van der Waals surface area contributed by atoms with Crippen LogP contribution in [-0.2, 0) is 6.42 Å².